The molecule has 0 unspecified atom stereocenters. The van der Waals surface area contributed by atoms with Gasteiger partial charge in [-0.1, -0.05) is 45.4 Å². The van der Waals surface area contributed by atoms with Crippen molar-refractivity contribution in [3.8, 4) is 0 Å². The van der Waals surface area contributed by atoms with Crippen LogP contribution in [0.25, 0.3) is 0 Å². The van der Waals surface area contributed by atoms with Gasteiger partial charge in [-0.25, -0.2) is 9.48 Å². The lowest BCUT2D eigenvalue weighted by molar-refractivity contribution is 0.0697. The fraction of sp³-hybridized carbons (Fsp3) is 0.318. The molecule has 0 amide bonds. The van der Waals surface area contributed by atoms with Gasteiger partial charge in [-0.3, -0.25) is 4.90 Å². The molecule has 6 nitrogen and oxygen atoms in total. The summed E-state index contributed by atoms with van der Waals surface area (Å²) in [4.78, 5) is 13.4. The Kier molecular flexibility index (Phi) is 6.06. The Morgan fingerprint density at radius 3 is 2.34 bits per heavy atom. The van der Waals surface area contributed by atoms with Crippen LogP contribution in [-0.2, 0) is 13.0 Å². The van der Waals surface area contributed by atoms with E-state index in [1.807, 2.05) is 28.9 Å². The van der Waals surface area contributed by atoms with Crippen LogP contribution in [0.2, 0.25) is 0 Å². The van der Waals surface area contributed by atoms with Gasteiger partial charge in [-0.05, 0) is 48.2 Å². The predicted octanol–water partition coefficient (Wildman–Crippen LogP) is 4.17. The zero-order valence-corrected chi connectivity index (χ0v) is 17.6. The van der Waals surface area contributed by atoms with Crippen molar-refractivity contribution in [2.75, 3.05) is 13.1 Å². The first-order chi connectivity index (χ1) is 14.1. The second-order valence-corrected chi connectivity index (χ2v) is 8.42. The third-order valence-electron chi connectivity index (χ3n) is 5.39. The number of carboxylic acids is 1. The lowest BCUT2D eigenvalue weighted by Crippen LogP contribution is -2.34. The van der Waals surface area contributed by atoms with Gasteiger partial charge in [-0.2, -0.15) is 0 Å². The summed E-state index contributed by atoms with van der Waals surface area (Å²) in [7, 11) is 0. The van der Waals surface area contributed by atoms with Crippen molar-refractivity contribution < 1.29 is 9.90 Å². The van der Waals surface area contributed by atoms with Gasteiger partial charge in [0, 0.05) is 36.7 Å². The van der Waals surface area contributed by atoms with Crippen molar-refractivity contribution in [2.45, 2.75) is 31.8 Å². The van der Waals surface area contributed by atoms with E-state index in [0.29, 0.717) is 11.6 Å². The van der Waals surface area contributed by atoms with Gasteiger partial charge in [0.1, 0.15) is 0 Å². The number of carboxylic acid groups (broad SMARTS) is 1. The summed E-state index contributed by atoms with van der Waals surface area (Å²) in [5.74, 6) is -0.885. The second kappa shape index (κ2) is 8.88. The van der Waals surface area contributed by atoms with E-state index >= 15 is 0 Å². The molecule has 4 rings (SSSR count). The topological polar surface area (TPSA) is 71.2 Å². The predicted molar refractivity (Wildman–Crippen MR) is 114 cm³/mol. The van der Waals surface area contributed by atoms with Gasteiger partial charge < -0.3 is 5.11 Å². The Morgan fingerprint density at radius 2 is 1.69 bits per heavy atom. The van der Waals surface area contributed by atoms with Crippen LogP contribution in [0.15, 0.2) is 59.2 Å². The molecular formula is C22H23BrN4O2. The molecule has 3 aromatic rings. The molecule has 1 aromatic heterocycles. The first-order valence-corrected chi connectivity index (χ1v) is 10.6. The zero-order valence-electron chi connectivity index (χ0n) is 16.0. The number of aromatic nitrogens is 3. The van der Waals surface area contributed by atoms with Gasteiger partial charge in [0.05, 0.1) is 17.3 Å². The molecule has 1 N–H and O–H groups in total. The van der Waals surface area contributed by atoms with E-state index < -0.39 is 5.97 Å². The zero-order chi connectivity index (χ0) is 20.2. The summed E-state index contributed by atoms with van der Waals surface area (Å²) in [6.07, 6.45) is 4.94. The first-order valence-electron chi connectivity index (χ1n) is 9.76. The summed E-state index contributed by atoms with van der Waals surface area (Å²) in [5.41, 5.74) is 3.70. The maximum Gasteiger partial charge on any atom is 0.335 e. The van der Waals surface area contributed by atoms with Crippen LogP contribution in [0.4, 0.5) is 0 Å². The minimum absolute atomic E-state index is 0.331. The maximum atomic E-state index is 11.0. The number of hydrogen-bond donors (Lipinski definition) is 1. The fourth-order valence-electron chi connectivity index (χ4n) is 3.74. The van der Waals surface area contributed by atoms with Crippen molar-refractivity contribution in [2.24, 2.45) is 0 Å². The van der Waals surface area contributed by atoms with Crippen LogP contribution in [0.3, 0.4) is 0 Å². The summed E-state index contributed by atoms with van der Waals surface area (Å²) >= 11 is 3.46. The SMILES string of the molecule is O=C(O)c1ccc(CN2CCC(n3cc(Cc4ccc(Br)cc4)nn3)CC2)cc1. The lowest BCUT2D eigenvalue weighted by atomic mass is 10.0. The van der Waals surface area contributed by atoms with Crippen molar-refractivity contribution in [3.63, 3.8) is 0 Å². The molecule has 1 aliphatic heterocycles. The highest BCUT2D eigenvalue weighted by Crippen LogP contribution is 2.23. The van der Waals surface area contributed by atoms with Crippen LogP contribution < -0.4 is 0 Å². The smallest absolute Gasteiger partial charge is 0.335 e. The molecule has 1 saturated heterocycles. The van der Waals surface area contributed by atoms with Gasteiger partial charge in [0.2, 0.25) is 0 Å². The molecule has 0 bridgehead atoms. The van der Waals surface area contributed by atoms with Crippen molar-refractivity contribution in [1.29, 1.82) is 0 Å². The van der Waals surface area contributed by atoms with Gasteiger partial charge in [0.25, 0.3) is 0 Å². The number of benzene rings is 2. The average molecular weight is 455 g/mol. The first kappa shape index (κ1) is 19.8. The molecule has 0 spiro atoms. The maximum absolute atomic E-state index is 11.0. The van der Waals surface area contributed by atoms with E-state index in [1.165, 1.54) is 5.56 Å². The Balaban J connectivity index is 1.30. The van der Waals surface area contributed by atoms with Gasteiger partial charge in [-0.15, -0.1) is 5.10 Å². The van der Waals surface area contributed by atoms with Crippen molar-refractivity contribution in [3.05, 3.63) is 81.6 Å². The number of hydrogen-bond acceptors (Lipinski definition) is 4. The molecule has 0 aliphatic carbocycles. The third-order valence-corrected chi connectivity index (χ3v) is 5.92. The number of likely N-dealkylation sites (tertiary alicyclic amines) is 1. The molecule has 29 heavy (non-hydrogen) atoms. The van der Waals surface area contributed by atoms with Crippen molar-refractivity contribution >= 4 is 21.9 Å². The minimum atomic E-state index is -0.885. The van der Waals surface area contributed by atoms with Crippen LogP contribution in [-0.4, -0.2) is 44.1 Å². The number of carbonyl (C=O) groups is 1. The molecule has 0 saturated carbocycles. The monoisotopic (exact) mass is 454 g/mol. The molecule has 2 aromatic carbocycles. The Hall–Kier alpha value is -2.51. The fourth-order valence-corrected chi connectivity index (χ4v) is 4.00. The Morgan fingerprint density at radius 1 is 1.03 bits per heavy atom. The average Bonchev–Trinajstić information content (AvgIpc) is 3.19. The summed E-state index contributed by atoms with van der Waals surface area (Å²) in [6.45, 7) is 2.83. The lowest BCUT2D eigenvalue weighted by Gasteiger charge is -2.31. The summed E-state index contributed by atoms with van der Waals surface area (Å²) < 4.78 is 3.10. The van der Waals surface area contributed by atoms with Crippen molar-refractivity contribution in [1.82, 2.24) is 19.9 Å². The standard InChI is InChI=1S/C22H23BrN4O2/c23-19-7-3-16(4-8-19)13-20-15-27(25-24-20)21-9-11-26(12-10-21)14-17-1-5-18(6-2-17)22(28)29/h1-8,15,21H,9-14H2,(H,28,29). The normalized spacial score (nSPS) is 15.5. The van der Waals surface area contributed by atoms with E-state index in [0.717, 1.165) is 54.6 Å². The molecule has 0 radical (unpaired) electrons. The third kappa shape index (κ3) is 5.10. The van der Waals surface area contributed by atoms with E-state index in [4.69, 9.17) is 5.11 Å². The number of nitrogens with zero attached hydrogens (tertiary/aromatic N) is 4. The molecule has 0 atom stereocenters. The molecule has 150 valence electrons. The van der Waals surface area contributed by atoms with Crippen LogP contribution in [0, 0.1) is 0 Å². The van der Waals surface area contributed by atoms with E-state index in [2.05, 4.69) is 49.5 Å². The Bertz CT molecular complexity index is 961. The largest absolute Gasteiger partial charge is 0.478 e. The minimum Gasteiger partial charge on any atom is -0.478 e. The number of halogens is 1. The van der Waals surface area contributed by atoms with Crippen LogP contribution in [0.5, 0.6) is 0 Å². The number of rotatable bonds is 6. The summed E-state index contributed by atoms with van der Waals surface area (Å²) in [6, 6.07) is 15.8. The molecular weight excluding hydrogens is 432 g/mol. The van der Waals surface area contributed by atoms with Crippen LogP contribution >= 0.6 is 15.9 Å². The van der Waals surface area contributed by atoms with Gasteiger partial charge >= 0.3 is 5.97 Å². The highest BCUT2D eigenvalue weighted by Gasteiger charge is 2.22. The quantitative estimate of drug-likeness (QED) is 0.604. The molecule has 1 aliphatic rings. The van der Waals surface area contributed by atoms with E-state index in [-0.39, 0.29) is 0 Å². The molecule has 2 heterocycles. The summed E-state index contributed by atoms with van der Waals surface area (Å²) in [5, 5.41) is 17.7. The van der Waals surface area contributed by atoms with E-state index in [1.54, 1.807) is 12.1 Å². The number of aromatic carboxylic acids is 1. The highest BCUT2D eigenvalue weighted by molar-refractivity contribution is 9.10. The molecule has 1 fully saturated rings. The number of piperidine rings is 1. The second-order valence-electron chi connectivity index (χ2n) is 7.50. The Labute approximate surface area is 178 Å². The van der Waals surface area contributed by atoms with E-state index in [9.17, 15) is 4.79 Å². The van der Waals surface area contributed by atoms with Crippen LogP contribution in [0.1, 0.15) is 46.1 Å². The van der Waals surface area contributed by atoms with Gasteiger partial charge in [0.15, 0.2) is 0 Å². The molecule has 7 heteroatoms. The highest BCUT2D eigenvalue weighted by atomic mass is 79.9.